The van der Waals surface area contributed by atoms with Crippen molar-refractivity contribution >= 4 is 40.4 Å². The molecule has 0 bridgehead atoms. The molecule has 0 spiro atoms. The molecule has 0 aliphatic carbocycles. The zero-order chi connectivity index (χ0) is 24.7. The number of imide groups is 1. The lowest BCUT2D eigenvalue weighted by molar-refractivity contribution is -0.577. The minimum atomic E-state index is -0.562. The van der Waals surface area contributed by atoms with Crippen molar-refractivity contribution in [2.75, 3.05) is 4.90 Å². The molecule has 0 saturated carbocycles. The van der Waals surface area contributed by atoms with Crippen LogP contribution in [0.25, 0.3) is 17.0 Å². The summed E-state index contributed by atoms with van der Waals surface area (Å²) in [6.07, 6.45) is 3.85. The molecule has 0 radical (unpaired) electrons. The number of carbonyl (C=O) groups excluding carboxylic acids is 2. The quantitative estimate of drug-likeness (QED) is 0.319. The van der Waals surface area contributed by atoms with Crippen molar-refractivity contribution < 1.29 is 19.3 Å². The van der Waals surface area contributed by atoms with Gasteiger partial charge in [-0.15, -0.1) is 0 Å². The van der Waals surface area contributed by atoms with Gasteiger partial charge in [-0.1, -0.05) is 36.7 Å². The van der Waals surface area contributed by atoms with E-state index in [1.165, 1.54) is 4.68 Å². The number of hydrogen-bond donors (Lipinski definition) is 0. The molecule has 174 valence electrons. The van der Waals surface area contributed by atoms with Gasteiger partial charge in [0.2, 0.25) is 0 Å². The molecule has 0 N–H and O–H groups in total. The Morgan fingerprint density at radius 3 is 2.31 bits per heavy atom. The summed E-state index contributed by atoms with van der Waals surface area (Å²) in [6.45, 7) is 3.75. The Hall–Kier alpha value is -4.23. The van der Waals surface area contributed by atoms with Gasteiger partial charge in [0.25, 0.3) is 11.6 Å². The number of anilines is 1. The zero-order valence-corrected chi connectivity index (χ0v) is 19.9. The fourth-order valence-corrected chi connectivity index (χ4v) is 4.35. The van der Waals surface area contributed by atoms with Crippen LogP contribution < -0.4 is 14.6 Å². The molecule has 8 heteroatoms. The van der Waals surface area contributed by atoms with E-state index in [9.17, 15) is 14.7 Å². The molecule has 35 heavy (non-hydrogen) atoms. The van der Waals surface area contributed by atoms with Crippen LogP contribution in [0.5, 0.6) is 5.88 Å². The Bertz CT molecular complexity index is 1490. The highest BCUT2D eigenvalue weighted by Gasteiger charge is 2.47. The van der Waals surface area contributed by atoms with E-state index in [0.717, 1.165) is 10.5 Å². The standard InChI is InChI=1S/C27H21ClN4O3/c1-3-21-22(26(34)32(29-21)20-13-11-18(28)12-14-20)23-24(30-15-7-8-17(2)16-30)27(35)31(25(23)33)19-9-5-4-6-10-19/h4-16H,3H2,1-2H3. The smallest absolute Gasteiger partial charge is 0.331 e. The zero-order valence-electron chi connectivity index (χ0n) is 19.1. The van der Waals surface area contributed by atoms with E-state index in [1.54, 1.807) is 77.6 Å². The van der Waals surface area contributed by atoms with E-state index in [4.69, 9.17) is 11.6 Å². The van der Waals surface area contributed by atoms with Gasteiger partial charge in [0.05, 0.1) is 17.1 Å². The Balaban J connectivity index is 1.77. The number of hydrogen-bond acceptors (Lipinski definition) is 4. The minimum absolute atomic E-state index is 0.0384. The molecule has 0 fully saturated rings. The van der Waals surface area contributed by atoms with Gasteiger partial charge >= 0.3 is 5.91 Å². The van der Waals surface area contributed by atoms with E-state index in [0.29, 0.717) is 28.5 Å². The van der Waals surface area contributed by atoms with Crippen LogP contribution in [0.4, 0.5) is 5.69 Å². The highest BCUT2D eigenvalue weighted by molar-refractivity contribution is 6.53. The number of aromatic nitrogens is 3. The third-order valence-corrected chi connectivity index (χ3v) is 6.10. The normalized spacial score (nSPS) is 13.7. The number of nitrogens with zero attached hydrogens (tertiary/aromatic N) is 4. The third-order valence-electron chi connectivity index (χ3n) is 5.85. The summed E-state index contributed by atoms with van der Waals surface area (Å²) in [4.78, 5) is 28.7. The van der Waals surface area contributed by atoms with E-state index >= 15 is 0 Å². The largest absolute Gasteiger partial charge is 0.858 e. The highest BCUT2D eigenvalue weighted by Crippen LogP contribution is 2.38. The number of carbonyl (C=O) groups is 2. The Labute approximate surface area is 207 Å². The number of para-hydroxylation sites is 1. The van der Waals surface area contributed by atoms with Gasteiger partial charge in [-0.2, -0.15) is 9.67 Å². The molecule has 4 aromatic rings. The number of halogens is 1. The average molecular weight is 485 g/mol. The summed E-state index contributed by atoms with van der Waals surface area (Å²) in [5.41, 5.74) is 2.56. The van der Waals surface area contributed by atoms with Crippen LogP contribution in [-0.2, 0) is 16.0 Å². The van der Waals surface area contributed by atoms with Crippen molar-refractivity contribution in [3.63, 3.8) is 0 Å². The van der Waals surface area contributed by atoms with Crippen LogP contribution in [-0.4, -0.2) is 21.6 Å². The van der Waals surface area contributed by atoms with E-state index < -0.39 is 17.7 Å². The second-order valence-corrected chi connectivity index (χ2v) is 8.60. The van der Waals surface area contributed by atoms with Gasteiger partial charge in [-0.3, -0.25) is 9.59 Å². The summed E-state index contributed by atoms with van der Waals surface area (Å²) >= 11 is 6.01. The van der Waals surface area contributed by atoms with Crippen LogP contribution >= 0.6 is 11.6 Å². The summed E-state index contributed by atoms with van der Waals surface area (Å²) in [5, 5.41) is 18.7. The molecule has 2 amide bonds. The lowest BCUT2D eigenvalue weighted by Gasteiger charge is -2.15. The average Bonchev–Trinajstić information content (AvgIpc) is 3.32. The number of rotatable bonds is 5. The van der Waals surface area contributed by atoms with Crippen LogP contribution in [0.3, 0.4) is 0 Å². The van der Waals surface area contributed by atoms with E-state index in [-0.39, 0.29) is 16.8 Å². The van der Waals surface area contributed by atoms with Gasteiger partial charge < -0.3 is 5.11 Å². The minimum Gasteiger partial charge on any atom is -0.858 e. The molecule has 7 nitrogen and oxygen atoms in total. The van der Waals surface area contributed by atoms with Crippen LogP contribution in [0.1, 0.15) is 23.7 Å². The van der Waals surface area contributed by atoms with Crippen molar-refractivity contribution in [3.05, 3.63) is 101 Å². The first-order valence-electron chi connectivity index (χ1n) is 11.1. The maximum atomic E-state index is 13.8. The Kier molecular flexibility index (Phi) is 5.70. The highest BCUT2D eigenvalue weighted by atomic mass is 35.5. The van der Waals surface area contributed by atoms with Gasteiger partial charge in [0.15, 0.2) is 12.4 Å². The summed E-state index contributed by atoms with van der Waals surface area (Å²) in [6, 6.07) is 19.1. The predicted molar refractivity (Wildman–Crippen MR) is 131 cm³/mol. The summed E-state index contributed by atoms with van der Waals surface area (Å²) in [7, 11) is 0. The number of pyridine rings is 1. The first-order valence-corrected chi connectivity index (χ1v) is 11.5. The van der Waals surface area contributed by atoms with Crippen LogP contribution in [0.2, 0.25) is 5.02 Å². The molecule has 0 atom stereocenters. The van der Waals surface area contributed by atoms with Crippen molar-refractivity contribution in [2.24, 2.45) is 0 Å². The molecule has 5 rings (SSSR count). The second kappa shape index (κ2) is 8.85. The van der Waals surface area contributed by atoms with Gasteiger partial charge in [-0.25, -0.2) is 9.58 Å². The first-order chi connectivity index (χ1) is 16.9. The molecule has 1 aliphatic rings. The molecule has 1 aliphatic heterocycles. The SMILES string of the molecule is CCc1nn(-c2ccc(Cl)cc2)c([O-])c1C1=C([n+]2cccc(C)c2)C(=O)N(c2ccccc2)C1=O. The maximum Gasteiger partial charge on any atom is 0.331 e. The van der Waals surface area contributed by atoms with Crippen molar-refractivity contribution in [1.82, 2.24) is 9.78 Å². The molecule has 0 unspecified atom stereocenters. The second-order valence-electron chi connectivity index (χ2n) is 8.16. The van der Waals surface area contributed by atoms with Gasteiger partial charge in [0.1, 0.15) is 5.57 Å². The van der Waals surface area contributed by atoms with E-state index in [1.807, 2.05) is 19.9 Å². The van der Waals surface area contributed by atoms with Crippen molar-refractivity contribution in [3.8, 4) is 11.6 Å². The monoisotopic (exact) mass is 484 g/mol. The molecular weight excluding hydrogens is 464 g/mol. The topological polar surface area (TPSA) is 82.1 Å². The Morgan fingerprint density at radius 2 is 1.66 bits per heavy atom. The number of benzene rings is 2. The first kappa shape index (κ1) is 22.6. The Morgan fingerprint density at radius 1 is 0.943 bits per heavy atom. The fraction of sp³-hybridized carbons (Fsp3) is 0.111. The van der Waals surface area contributed by atoms with Gasteiger partial charge in [-0.05, 0) is 61.7 Å². The molecule has 2 aromatic carbocycles. The predicted octanol–water partition coefficient (Wildman–Crippen LogP) is 3.70. The van der Waals surface area contributed by atoms with Crippen LogP contribution in [0, 0.1) is 6.92 Å². The molecule has 2 aromatic heterocycles. The van der Waals surface area contributed by atoms with Gasteiger partial charge in [0, 0.05) is 22.2 Å². The number of amides is 2. The van der Waals surface area contributed by atoms with E-state index in [2.05, 4.69) is 5.10 Å². The third kappa shape index (κ3) is 3.80. The summed E-state index contributed by atoms with van der Waals surface area (Å²) in [5.74, 6) is -1.54. The molecular formula is C27H21ClN4O3. The maximum absolute atomic E-state index is 13.8. The molecule has 0 saturated heterocycles. The lowest BCUT2D eigenvalue weighted by Crippen LogP contribution is -2.39. The fourth-order valence-electron chi connectivity index (χ4n) is 4.23. The number of aryl methyl sites for hydroxylation is 2. The van der Waals surface area contributed by atoms with Crippen molar-refractivity contribution in [1.29, 1.82) is 0 Å². The summed E-state index contributed by atoms with van der Waals surface area (Å²) < 4.78 is 2.85. The van der Waals surface area contributed by atoms with Crippen LogP contribution in [0.15, 0.2) is 79.1 Å². The van der Waals surface area contributed by atoms with Crippen molar-refractivity contribution in [2.45, 2.75) is 20.3 Å². The molecule has 3 heterocycles. The lowest BCUT2D eigenvalue weighted by atomic mass is 10.0.